The van der Waals surface area contributed by atoms with Gasteiger partial charge in [0, 0.05) is 0 Å². The quantitative estimate of drug-likeness (QED) is 0.386. The normalized spacial score (nSPS) is 8.42. The first-order chi connectivity index (χ1) is 5.18. The highest BCUT2D eigenvalue weighted by Gasteiger charge is 1.89. The number of benzene rings is 1. The van der Waals surface area contributed by atoms with E-state index in [1.165, 1.54) is 24.3 Å². The predicted molar refractivity (Wildman–Crippen MR) is 41.9 cm³/mol. The van der Waals surface area contributed by atoms with Crippen LogP contribution in [-0.2, 0) is 0 Å². The molecule has 3 nitrogen and oxygen atoms in total. The van der Waals surface area contributed by atoms with Gasteiger partial charge in [0.25, 0.3) is 0 Å². The third kappa shape index (κ3) is 3.21. The molecule has 66 valence electrons. The zero-order valence-electron chi connectivity index (χ0n) is 6.17. The summed E-state index contributed by atoms with van der Waals surface area (Å²) in [6, 6.07) is 5.58. The monoisotopic (exact) mass is 188 g/mol. The van der Waals surface area contributed by atoms with Crippen LogP contribution in [0, 0.1) is 5.82 Å². The van der Waals surface area contributed by atoms with Crippen LogP contribution in [0.3, 0.4) is 0 Å². The maximum absolute atomic E-state index is 12.3. The highest BCUT2D eigenvalue weighted by atomic mass is 35.5. The van der Waals surface area contributed by atoms with Gasteiger partial charge in [-0.3, -0.25) is 0 Å². The molecule has 0 unspecified atom stereocenters. The Labute approximate surface area is 75.7 Å². The van der Waals surface area contributed by atoms with Crippen LogP contribution in [0.5, 0.6) is 0 Å². The van der Waals surface area contributed by atoms with Crippen LogP contribution in [0.2, 0.25) is 0 Å². The summed E-state index contributed by atoms with van der Waals surface area (Å²) >= 11 is 0. The summed E-state index contributed by atoms with van der Waals surface area (Å²) in [6.45, 7) is 0. The molecule has 0 fully saturated rings. The average molecular weight is 189 g/mol. The maximum Gasteiger partial charge on any atom is 0.191 e. The number of halogens is 2. The van der Waals surface area contributed by atoms with Gasteiger partial charge in [0.15, 0.2) is 5.96 Å². The highest BCUT2D eigenvalue weighted by Crippen LogP contribution is 2.10. The minimum absolute atomic E-state index is 0. The van der Waals surface area contributed by atoms with Gasteiger partial charge in [0.1, 0.15) is 5.82 Å². The van der Waals surface area contributed by atoms with Gasteiger partial charge in [0.2, 0.25) is 0 Å². The second-order valence-electron chi connectivity index (χ2n) is 2.01. The Balaban J connectivity index is 0.00000121. The standard InChI is InChI=1S/C7H8FN3.ClH/c8-5-1-3-6(4-2-5)11-7(9)10;/h1-4H,(H4,9,10,11);1H/p-1. The lowest BCUT2D eigenvalue weighted by Gasteiger charge is -1.92. The number of guanidine groups is 1. The summed E-state index contributed by atoms with van der Waals surface area (Å²) in [5.41, 5.74) is 10.7. The SMILES string of the molecule is NC(N)=Nc1ccc(F)cc1.[Cl-]. The van der Waals surface area contributed by atoms with Gasteiger partial charge in [-0.2, -0.15) is 0 Å². The van der Waals surface area contributed by atoms with Crippen LogP contribution in [0.1, 0.15) is 0 Å². The van der Waals surface area contributed by atoms with Crippen LogP contribution in [0.25, 0.3) is 0 Å². The van der Waals surface area contributed by atoms with Crippen LogP contribution >= 0.6 is 0 Å². The van der Waals surface area contributed by atoms with Gasteiger partial charge in [-0.15, -0.1) is 0 Å². The summed E-state index contributed by atoms with van der Waals surface area (Å²) in [4.78, 5) is 3.71. The third-order valence-corrected chi connectivity index (χ3v) is 1.08. The van der Waals surface area contributed by atoms with Crippen molar-refractivity contribution < 1.29 is 16.8 Å². The first-order valence-electron chi connectivity index (χ1n) is 3.03. The van der Waals surface area contributed by atoms with E-state index in [0.29, 0.717) is 5.69 Å². The fourth-order valence-electron chi connectivity index (χ4n) is 0.665. The Kier molecular flexibility index (Phi) is 4.07. The fourth-order valence-corrected chi connectivity index (χ4v) is 0.665. The van der Waals surface area contributed by atoms with Crippen molar-refractivity contribution in [3.63, 3.8) is 0 Å². The lowest BCUT2D eigenvalue weighted by atomic mass is 10.3. The lowest BCUT2D eigenvalue weighted by Crippen LogP contribution is -3.00. The van der Waals surface area contributed by atoms with Gasteiger partial charge in [-0.05, 0) is 24.3 Å². The zero-order valence-corrected chi connectivity index (χ0v) is 6.92. The van der Waals surface area contributed by atoms with Gasteiger partial charge < -0.3 is 23.9 Å². The van der Waals surface area contributed by atoms with E-state index in [9.17, 15) is 4.39 Å². The van der Waals surface area contributed by atoms with E-state index in [-0.39, 0.29) is 24.2 Å². The Morgan fingerprint density at radius 3 is 2.08 bits per heavy atom. The van der Waals surface area contributed by atoms with Crippen molar-refractivity contribution >= 4 is 11.6 Å². The minimum atomic E-state index is -0.306. The summed E-state index contributed by atoms with van der Waals surface area (Å²) < 4.78 is 12.3. The molecule has 0 aliphatic carbocycles. The molecule has 1 aromatic carbocycles. The Bertz CT molecular complexity index is 266. The van der Waals surface area contributed by atoms with E-state index in [1.54, 1.807) is 0 Å². The molecule has 12 heavy (non-hydrogen) atoms. The molecule has 0 aliphatic heterocycles. The second kappa shape index (κ2) is 4.56. The summed E-state index contributed by atoms with van der Waals surface area (Å²) in [5, 5.41) is 0. The van der Waals surface area contributed by atoms with E-state index >= 15 is 0 Å². The van der Waals surface area contributed by atoms with Gasteiger partial charge in [-0.25, -0.2) is 9.38 Å². The fraction of sp³-hybridized carbons (Fsp3) is 0. The number of nitrogens with two attached hydrogens (primary N) is 2. The molecule has 0 bridgehead atoms. The molecule has 0 atom stereocenters. The number of aliphatic imine (C=N–C) groups is 1. The summed E-state index contributed by atoms with van der Waals surface area (Å²) in [7, 11) is 0. The smallest absolute Gasteiger partial charge is 0.191 e. The van der Waals surface area contributed by atoms with E-state index in [2.05, 4.69) is 4.99 Å². The molecule has 0 saturated carbocycles. The first-order valence-corrected chi connectivity index (χ1v) is 3.03. The Morgan fingerprint density at radius 1 is 1.17 bits per heavy atom. The van der Waals surface area contributed by atoms with Gasteiger partial charge in [0.05, 0.1) is 5.69 Å². The molecule has 4 N–H and O–H groups in total. The van der Waals surface area contributed by atoms with Crippen molar-refractivity contribution in [1.29, 1.82) is 0 Å². The lowest BCUT2D eigenvalue weighted by molar-refractivity contribution is -0.00000322. The van der Waals surface area contributed by atoms with Crippen molar-refractivity contribution in [2.24, 2.45) is 16.5 Å². The molecule has 0 aromatic heterocycles. The zero-order chi connectivity index (χ0) is 8.27. The van der Waals surface area contributed by atoms with E-state index in [0.717, 1.165) is 0 Å². The summed E-state index contributed by atoms with van der Waals surface area (Å²) in [5.74, 6) is -0.337. The molecule has 0 saturated heterocycles. The van der Waals surface area contributed by atoms with E-state index < -0.39 is 0 Å². The van der Waals surface area contributed by atoms with E-state index in [4.69, 9.17) is 11.5 Å². The van der Waals surface area contributed by atoms with Crippen molar-refractivity contribution in [3.05, 3.63) is 30.1 Å². The largest absolute Gasteiger partial charge is 1.00 e. The molecule has 0 spiro atoms. The first kappa shape index (κ1) is 10.7. The van der Waals surface area contributed by atoms with Gasteiger partial charge >= 0.3 is 0 Å². The third-order valence-electron chi connectivity index (χ3n) is 1.08. The van der Waals surface area contributed by atoms with Gasteiger partial charge in [-0.1, -0.05) is 0 Å². The second-order valence-corrected chi connectivity index (χ2v) is 2.01. The maximum atomic E-state index is 12.3. The van der Waals surface area contributed by atoms with Crippen LogP contribution in [0.15, 0.2) is 29.3 Å². The van der Waals surface area contributed by atoms with Crippen LogP contribution in [0.4, 0.5) is 10.1 Å². The topological polar surface area (TPSA) is 64.4 Å². The molecule has 0 heterocycles. The van der Waals surface area contributed by atoms with Crippen molar-refractivity contribution in [1.82, 2.24) is 0 Å². The van der Waals surface area contributed by atoms with Crippen molar-refractivity contribution in [2.75, 3.05) is 0 Å². The predicted octanol–water partition coefficient (Wildman–Crippen LogP) is -2.27. The molecule has 1 rings (SSSR count). The average Bonchev–Trinajstić information content (AvgIpc) is 1.93. The Hall–Kier alpha value is -1.29. The molecule has 5 heteroatoms. The molecule has 0 amide bonds. The highest BCUT2D eigenvalue weighted by molar-refractivity contribution is 5.78. The molecule has 0 aliphatic rings. The molecule has 0 radical (unpaired) electrons. The van der Waals surface area contributed by atoms with Crippen molar-refractivity contribution in [3.8, 4) is 0 Å². The van der Waals surface area contributed by atoms with E-state index in [1.807, 2.05) is 0 Å². The van der Waals surface area contributed by atoms with Crippen molar-refractivity contribution in [2.45, 2.75) is 0 Å². The number of nitrogens with zero attached hydrogens (tertiary/aromatic N) is 1. The molecule has 1 aromatic rings. The number of hydrogen-bond acceptors (Lipinski definition) is 1. The number of rotatable bonds is 1. The van der Waals surface area contributed by atoms with Crippen LogP contribution < -0.4 is 23.9 Å². The Morgan fingerprint density at radius 2 is 1.67 bits per heavy atom. The minimum Gasteiger partial charge on any atom is -1.00 e. The summed E-state index contributed by atoms with van der Waals surface area (Å²) in [6.07, 6.45) is 0. The van der Waals surface area contributed by atoms with Crippen LogP contribution in [-0.4, -0.2) is 5.96 Å². The number of hydrogen-bond donors (Lipinski definition) is 2. The molecular formula is C7H8ClFN3-. The molecular weight excluding hydrogens is 181 g/mol.